The van der Waals surface area contributed by atoms with E-state index in [1.165, 1.54) is 12.5 Å². The Balaban J connectivity index is 0.00000128. The first-order valence-corrected chi connectivity index (χ1v) is 5.16. The van der Waals surface area contributed by atoms with E-state index in [1.807, 2.05) is 25.1 Å². The fraction of sp³-hybridized carbons (Fsp3) is 0.417. The SMILES string of the molecule is CC(=O)Nc1ccc2c(c1)C(C)C(O)C2.[Ac]. The number of rotatable bonds is 1. The summed E-state index contributed by atoms with van der Waals surface area (Å²) in [4.78, 5) is 10.9. The van der Waals surface area contributed by atoms with Gasteiger partial charge < -0.3 is 10.4 Å². The van der Waals surface area contributed by atoms with Gasteiger partial charge in [-0.05, 0) is 29.7 Å². The van der Waals surface area contributed by atoms with Crippen molar-refractivity contribution in [2.24, 2.45) is 0 Å². The van der Waals surface area contributed by atoms with Crippen LogP contribution in [0.15, 0.2) is 18.2 Å². The van der Waals surface area contributed by atoms with Crippen LogP contribution in [0.1, 0.15) is 30.9 Å². The Hall–Kier alpha value is 0.0916. The number of aliphatic hydroxyl groups is 1. The molecule has 0 aromatic heterocycles. The van der Waals surface area contributed by atoms with Crippen LogP contribution in [0.25, 0.3) is 0 Å². The van der Waals surface area contributed by atoms with Gasteiger partial charge in [0.1, 0.15) is 0 Å². The summed E-state index contributed by atoms with van der Waals surface area (Å²) < 4.78 is 0. The maximum Gasteiger partial charge on any atom is 0.221 e. The number of hydrogen-bond donors (Lipinski definition) is 2. The molecule has 1 aliphatic carbocycles. The zero-order chi connectivity index (χ0) is 11.0. The van der Waals surface area contributed by atoms with Crippen LogP contribution in [0.3, 0.4) is 0 Å². The van der Waals surface area contributed by atoms with Crippen molar-refractivity contribution < 1.29 is 54.0 Å². The van der Waals surface area contributed by atoms with Crippen LogP contribution in [-0.4, -0.2) is 17.1 Å². The van der Waals surface area contributed by atoms with E-state index in [4.69, 9.17) is 0 Å². The van der Waals surface area contributed by atoms with Crippen LogP contribution < -0.4 is 5.32 Å². The molecule has 1 aromatic carbocycles. The summed E-state index contributed by atoms with van der Waals surface area (Å²) in [6, 6.07) is 5.82. The van der Waals surface area contributed by atoms with Crippen molar-refractivity contribution in [1.82, 2.24) is 0 Å². The first-order chi connectivity index (χ1) is 7.08. The van der Waals surface area contributed by atoms with Gasteiger partial charge >= 0.3 is 0 Å². The average Bonchev–Trinajstić information content (AvgIpc) is 2.43. The predicted molar refractivity (Wildman–Crippen MR) is 58.9 cm³/mol. The zero-order valence-corrected chi connectivity index (χ0v) is 14.3. The van der Waals surface area contributed by atoms with Crippen molar-refractivity contribution >= 4 is 11.6 Å². The van der Waals surface area contributed by atoms with Gasteiger partial charge in [0.15, 0.2) is 0 Å². The Morgan fingerprint density at radius 3 is 2.81 bits per heavy atom. The zero-order valence-electron chi connectivity index (χ0n) is 9.53. The Morgan fingerprint density at radius 2 is 2.19 bits per heavy atom. The van der Waals surface area contributed by atoms with E-state index in [2.05, 4.69) is 5.32 Å². The topological polar surface area (TPSA) is 49.3 Å². The van der Waals surface area contributed by atoms with Gasteiger partial charge in [0.05, 0.1) is 6.10 Å². The molecule has 0 bridgehead atoms. The number of fused-ring (bicyclic) bond motifs is 1. The van der Waals surface area contributed by atoms with E-state index in [-0.39, 0.29) is 62.0 Å². The molecule has 0 heterocycles. The molecule has 0 saturated heterocycles. The second-order valence-electron chi connectivity index (χ2n) is 4.15. The number of nitrogens with one attached hydrogen (secondary N) is 1. The average molecular weight is 432 g/mol. The van der Waals surface area contributed by atoms with Gasteiger partial charge in [-0.15, -0.1) is 0 Å². The van der Waals surface area contributed by atoms with E-state index in [0.717, 1.165) is 17.7 Å². The molecule has 2 atom stereocenters. The minimum Gasteiger partial charge on any atom is -0.392 e. The number of carbonyl (C=O) groups is 1. The van der Waals surface area contributed by atoms with Gasteiger partial charge in [0, 0.05) is 62.6 Å². The molecule has 4 heteroatoms. The monoisotopic (exact) mass is 432 g/mol. The third-order valence-electron chi connectivity index (χ3n) is 2.96. The number of hydrogen-bond acceptors (Lipinski definition) is 2. The maximum atomic E-state index is 10.9. The third-order valence-corrected chi connectivity index (χ3v) is 2.96. The van der Waals surface area contributed by atoms with Crippen molar-refractivity contribution in [3.63, 3.8) is 0 Å². The summed E-state index contributed by atoms with van der Waals surface area (Å²) in [7, 11) is 0. The van der Waals surface area contributed by atoms with E-state index < -0.39 is 0 Å². The quantitative estimate of drug-likeness (QED) is 0.710. The van der Waals surface area contributed by atoms with Gasteiger partial charge in [-0.2, -0.15) is 0 Å². The van der Waals surface area contributed by atoms with Crippen molar-refractivity contribution in [2.75, 3.05) is 5.32 Å². The summed E-state index contributed by atoms with van der Waals surface area (Å²) in [5.41, 5.74) is 3.14. The van der Waals surface area contributed by atoms with Gasteiger partial charge in [-0.3, -0.25) is 4.79 Å². The van der Waals surface area contributed by atoms with Gasteiger partial charge in [0.2, 0.25) is 5.91 Å². The Bertz CT molecular complexity index is 406. The van der Waals surface area contributed by atoms with Gasteiger partial charge in [-0.1, -0.05) is 13.0 Å². The summed E-state index contributed by atoms with van der Waals surface area (Å²) in [6.45, 7) is 3.50. The molecule has 2 unspecified atom stereocenters. The molecule has 1 radical (unpaired) electrons. The molecule has 83 valence electrons. The smallest absolute Gasteiger partial charge is 0.221 e. The second kappa shape index (κ2) is 5.62. The first-order valence-electron chi connectivity index (χ1n) is 5.16. The molecule has 0 spiro atoms. The van der Waals surface area contributed by atoms with E-state index >= 15 is 0 Å². The number of carbonyl (C=O) groups excluding carboxylic acids is 1. The van der Waals surface area contributed by atoms with E-state index in [1.54, 1.807) is 0 Å². The molecule has 0 aliphatic heterocycles. The molecule has 1 aliphatic rings. The van der Waals surface area contributed by atoms with Crippen LogP contribution in [0.2, 0.25) is 0 Å². The van der Waals surface area contributed by atoms with E-state index in [9.17, 15) is 9.90 Å². The summed E-state index contributed by atoms with van der Waals surface area (Å²) in [5.74, 6) is 0.0925. The Labute approximate surface area is 131 Å². The van der Waals surface area contributed by atoms with Crippen molar-refractivity contribution in [3.05, 3.63) is 29.3 Å². The largest absolute Gasteiger partial charge is 0.392 e. The molecule has 0 saturated carbocycles. The molecular weight excluding hydrogens is 417 g/mol. The molecule has 1 aromatic rings. The summed E-state index contributed by atoms with van der Waals surface area (Å²) >= 11 is 0. The molecule has 0 fully saturated rings. The third kappa shape index (κ3) is 2.85. The number of aliphatic hydroxyl groups excluding tert-OH is 1. The molecule has 3 nitrogen and oxygen atoms in total. The van der Waals surface area contributed by atoms with Crippen LogP contribution in [-0.2, 0) is 11.2 Å². The standard InChI is InChI=1S/C12H15NO2.Ac/c1-7-11-6-10(13-8(2)14)4-3-9(11)5-12(7)15;/h3-4,6-7,12,15H,5H2,1-2H3,(H,13,14);. The normalized spacial score (nSPS) is 22.2. The minimum absolute atomic E-state index is 0. The van der Waals surface area contributed by atoms with Crippen LogP contribution in [0.5, 0.6) is 0 Å². The molecule has 2 N–H and O–H groups in total. The minimum atomic E-state index is -0.285. The molecular formula is C12H15AcNO2. The number of anilines is 1. The second-order valence-corrected chi connectivity index (χ2v) is 4.15. The number of benzene rings is 1. The van der Waals surface area contributed by atoms with Crippen LogP contribution in [0.4, 0.5) is 5.69 Å². The fourth-order valence-corrected chi connectivity index (χ4v) is 2.10. The molecule has 16 heavy (non-hydrogen) atoms. The first kappa shape index (κ1) is 14.2. The predicted octanol–water partition coefficient (Wildman–Crippen LogP) is 1.67. The van der Waals surface area contributed by atoms with Crippen LogP contribution in [0, 0.1) is 44.1 Å². The van der Waals surface area contributed by atoms with Gasteiger partial charge in [-0.25, -0.2) is 0 Å². The van der Waals surface area contributed by atoms with Crippen molar-refractivity contribution in [3.8, 4) is 0 Å². The summed E-state index contributed by atoms with van der Waals surface area (Å²) in [5, 5.41) is 12.5. The fourth-order valence-electron chi connectivity index (χ4n) is 2.10. The van der Waals surface area contributed by atoms with Crippen molar-refractivity contribution in [1.29, 1.82) is 0 Å². The van der Waals surface area contributed by atoms with Crippen LogP contribution >= 0.6 is 0 Å². The summed E-state index contributed by atoms with van der Waals surface area (Å²) in [6.07, 6.45) is 0.434. The maximum absolute atomic E-state index is 10.9. The number of amides is 1. The Morgan fingerprint density at radius 1 is 1.50 bits per heavy atom. The van der Waals surface area contributed by atoms with Crippen molar-refractivity contribution in [2.45, 2.75) is 32.3 Å². The molecule has 1 amide bonds. The molecule has 2 rings (SSSR count). The van der Waals surface area contributed by atoms with Gasteiger partial charge in [0.25, 0.3) is 0 Å². The Kier molecular flexibility index (Phi) is 4.97. The van der Waals surface area contributed by atoms with E-state index in [0.29, 0.717) is 0 Å².